The van der Waals surface area contributed by atoms with E-state index in [4.69, 9.17) is 9.47 Å². The third-order valence-electron chi connectivity index (χ3n) is 2.59. The van der Waals surface area contributed by atoms with Crippen molar-refractivity contribution < 1.29 is 17.9 Å². The highest BCUT2D eigenvalue weighted by molar-refractivity contribution is 7.89. The van der Waals surface area contributed by atoms with Gasteiger partial charge in [0.05, 0.1) is 11.4 Å². The first-order valence-electron chi connectivity index (χ1n) is 5.53. The minimum atomic E-state index is -3.53. The Morgan fingerprint density at radius 2 is 1.83 bits per heavy atom. The van der Waals surface area contributed by atoms with E-state index in [-0.39, 0.29) is 11.4 Å². The van der Waals surface area contributed by atoms with Crippen LogP contribution in [0, 0.1) is 13.8 Å². The molecule has 18 heavy (non-hydrogen) atoms. The van der Waals surface area contributed by atoms with E-state index in [9.17, 15) is 8.42 Å². The molecule has 0 radical (unpaired) electrons. The fourth-order valence-electron chi connectivity index (χ4n) is 1.62. The molecule has 1 rings (SSSR count). The van der Waals surface area contributed by atoms with Gasteiger partial charge in [-0.15, -0.1) is 0 Å². The molecular weight excluding hydrogens is 254 g/mol. The summed E-state index contributed by atoms with van der Waals surface area (Å²) in [6.07, 6.45) is -0.592. The van der Waals surface area contributed by atoms with Crippen molar-refractivity contribution in [1.82, 2.24) is 4.72 Å². The smallest absolute Gasteiger partial charge is 0.241 e. The van der Waals surface area contributed by atoms with Gasteiger partial charge in [-0.25, -0.2) is 13.1 Å². The van der Waals surface area contributed by atoms with E-state index in [1.54, 1.807) is 19.1 Å². The molecule has 5 nitrogen and oxygen atoms in total. The first-order chi connectivity index (χ1) is 8.40. The molecule has 1 aromatic carbocycles. The number of methoxy groups -OCH3 is 2. The summed E-state index contributed by atoms with van der Waals surface area (Å²) in [5, 5.41) is 0. The number of rotatable bonds is 6. The van der Waals surface area contributed by atoms with E-state index in [1.165, 1.54) is 14.2 Å². The van der Waals surface area contributed by atoms with Gasteiger partial charge in [-0.3, -0.25) is 0 Å². The van der Waals surface area contributed by atoms with E-state index < -0.39 is 16.3 Å². The third kappa shape index (κ3) is 3.78. The Labute approximate surface area is 108 Å². The molecule has 1 N–H and O–H groups in total. The molecule has 0 saturated carbocycles. The third-order valence-corrected chi connectivity index (χ3v) is 4.17. The molecule has 0 fully saturated rings. The van der Waals surface area contributed by atoms with Crippen LogP contribution in [0.3, 0.4) is 0 Å². The minimum Gasteiger partial charge on any atom is -0.355 e. The molecule has 0 aliphatic heterocycles. The van der Waals surface area contributed by atoms with Gasteiger partial charge in [-0.2, -0.15) is 0 Å². The lowest BCUT2D eigenvalue weighted by Gasteiger charge is -2.15. The number of hydrogen-bond donors (Lipinski definition) is 1. The summed E-state index contributed by atoms with van der Waals surface area (Å²) in [6.45, 7) is 3.76. The number of nitrogens with one attached hydrogen (secondary N) is 1. The van der Waals surface area contributed by atoms with E-state index in [0.717, 1.165) is 5.56 Å². The van der Waals surface area contributed by atoms with Gasteiger partial charge >= 0.3 is 0 Å². The monoisotopic (exact) mass is 273 g/mol. The number of benzene rings is 1. The van der Waals surface area contributed by atoms with Crippen LogP contribution in [-0.4, -0.2) is 35.5 Å². The quantitative estimate of drug-likeness (QED) is 0.791. The molecule has 0 spiro atoms. The molecule has 0 bridgehead atoms. The molecule has 1 aromatic rings. The zero-order valence-corrected chi connectivity index (χ0v) is 11.9. The molecule has 6 heteroatoms. The maximum atomic E-state index is 12.1. The van der Waals surface area contributed by atoms with E-state index in [1.807, 2.05) is 13.0 Å². The number of sulfonamides is 1. The van der Waals surface area contributed by atoms with Gasteiger partial charge < -0.3 is 9.47 Å². The second kappa shape index (κ2) is 6.29. The summed E-state index contributed by atoms with van der Waals surface area (Å²) < 4.78 is 36.5. The highest BCUT2D eigenvalue weighted by atomic mass is 32.2. The van der Waals surface area contributed by atoms with Crippen LogP contribution in [0.15, 0.2) is 23.1 Å². The molecule has 0 amide bonds. The molecule has 0 atom stereocenters. The fraction of sp³-hybridized carbons (Fsp3) is 0.500. The van der Waals surface area contributed by atoms with Crippen molar-refractivity contribution in [3.8, 4) is 0 Å². The molecule has 0 aromatic heterocycles. The van der Waals surface area contributed by atoms with Gasteiger partial charge in [0.2, 0.25) is 10.0 Å². The molecule has 0 aliphatic carbocycles. The Hall–Kier alpha value is -0.950. The van der Waals surface area contributed by atoms with Crippen LogP contribution >= 0.6 is 0 Å². The number of hydrogen-bond acceptors (Lipinski definition) is 4. The van der Waals surface area contributed by atoms with Crippen molar-refractivity contribution in [2.24, 2.45) is 0 Å². The average Bonchev–Trinajstić information content (AvgIpc) is 2.29. The van der Waals surface area contributed by atoms with Crippen molar-refractivity contribution in [3.63, 3.8) is 0 Å². The minimum absolute atomic E-state index is 0.0721. The van der Waals surface area contributed by atoms with Gasteiger partial charge in [0.25, 0.3) is 0 Å². The largest absolute Gasteiger partial charge is 0.355 e. The summed E-state index contributed by atoms with van der Waals surface area (Å²) in [6, 6.07) is 5.20. The van der Waals surface area contributed by atoms with E-state index >= 15 is 0 Å². The van der Waals surface area contributed by atoms with Crippen LogP contribution in [0.1, 0.15) is 11.1 Å². The average molecular weight is 273 g/mol. The Morgan fingerprint density at radius 3 is 2.33 bits per heavy atom. The second-order valence-corrected chi connectivity index (χ2v) is 5.76. The standard InChI is InChI=1S/C12H19NO4S/c1-9-5-6-11(10(2)7-9)18(14,15)13-8-12(16-3)17-4/h5-7,12-13H,8H2,1-4H3. The van der Waals surface area contributed by atoms with Gasteiger partial charge in [-0.05, 0) is 25.5 Å². The Kier molecular flexibility index (Phi) is 5.28. The summed E-state index contributed by atoms with van der Waals surface area (Å²) in [5.74, 6) is 0. The van der Waals surface area contributed by atoms with Gasteiger partial charge in [0.1, 0.15) is 0 Å². The van der Waals surface area contributed by atoms with Crippen molar-refractivity contribution in [1.29, 1.82) is 0 Å². The zero-order valence-electron chi connectivity index (χ0n) is 11.1. The summed E-state index contributed by atoms with van der Waals surface area (Å²) in [5.41, 5.74) is 1.74. The van der Waals surface area contributed by atoms with Gasteiger partial charge in [0, 0.05) is 14.2 Å². The predicted molar refractivity (Wildman–Crippen MR) is 68.9 cm³/mol. The maximum Gasteiger partial charge on any atom is 0.241 e. The molecular formula is C12H19NO4S. The topological polar surface area (TPSA) is 64.6 Å². The van der Waals surface area contributed by atoms with Crippen molar-refractivity contribution in [2.75, 3.05) is 20.8 Å². The highest BCUT2D eigenvalue weighted by Crippen LogP contribution is 2.16. The lowest BCUT2D eigenvalue weighted by atomic mass is 10.2. The zero-order chi connectivity index (χ0) is 13.8. The lowest BCUT2D eigenvalue weighted by molar-refractivity contribution is -0.0960. The van der Waals surface area contributed by atoms with Crippen LogP contribution in [0.5, 0.6) is 0 Å². The Bertz CT molecular complexity index is 495. The second-order valence-electron chi connectivity index (χ2n) is 4.02. The number of ether oxygens (including phenoxy) is 2. The van der Waals surface area contributed by atoms with Crippen molar-refractivity contribution in [2.45, 2.75) is 25.0 Å². The Balaban J connectivity index is 2.86. The number of aryl methyl sites for hydroxylation is 2. The first kappa shape index (κ1) is 15.1. The summed E-state index contributed by atoms with van der Waals surface area (Å²) in [4.78, 5) is 0.277. The first-order valence-corrected chi connectivity index (χ1v) is 7.01. The molecule has 0 saturated heterocycles. The molecule has 0 unspecified atom stereocenters. The summed E-state index contributed by atoms with van der Waals surface area (Å²) in [7, 11) is -0.617. The maximum absolute atomic E-state index is 12.1. The van der Waals surface area contributed by atoms with Crippen LogP contribution < -0.4 is 4.72 Å². The van der Waals surface area contributed by atoms with Crippen LogP contribution in [0.25, 0.3) is 0 Å². The van der Waals surface area contributed by atoms with E-state index in [0.29, 0.717) is 5.56 Å². The Morgan fingerprint density at radius 1 is 1.22 bits per heavy atom. The van der Waals surface area contributed by atoms with Gasteiger partial charge in [-0.1, -0.05) is 17.7 Å². The normalized spacial score (nSPS) is 12.1. The fourth-order valence-corrected chi connectivity index (χ4v) is 2.86. The molecule has 0 aliphatic rings. The SMILES string of the molecule is COC(CNS(=O)(=O)c1ccc(C)cc1C)OC. The highest BCUT2D eigenvalue weighted by Gasteiger charge is 2.18. The van der Waals surface area contributed by atoms with Crippen LogP contribution in [-0.2, 0) is 19.5 Å². The van der Waals surface area contributed by atoms with Crippen LogP contribution in [0.4, 0.5) is 0 Å². The summed E-state index contributed by atoms with van der Waals surface area (Å²) >= 11 is 0. The molecule has 102 valence electrons. The van der Waals surface area contributed by atoms with Crippen molar-refractivity contribution >= 4 is 10.0 Å². The van der Waals surface area contributed by atoms with Gasteiger partial charge in [0.15, 0.2) is 6.29 Å². The molecule has 0 heterocycles. The lowest BCUT2D eigenvalue weighted by Crippen LogP contribution is -2.34. The van der Waals surface area contributed by atoms with E-state index in [2.05, 4.69) is 4.72 Å². The van der Waals surface area contributed by atoms with Crippen LogP contribution in [0.2, 0.25) is 0 Å². The van der Waals surface area contributed by atoms with Crippen molar-refractivity contribution in [3.05, 3.63) is 29.3 Å². The predicted octanol–water partition coefficient (Wildman–Crippen LogP) is 1.20.